The Morgan fingerprint density at radius 2 is 1.69 bits per heavy atom. The number of barbiturate groups is 1. The molecule has 0 saturated carbocycles. The Kier molecular flexibility index (Phi) is 7.31. The maximum Gasteiger partial charge on any atom is 0.335 e. The Labute approximate surface area is 220 Å². The lowest BCUT2D eigenvalue weighted by Crippen LogP contribution is -2.54. The highest BCUT2D eigenvalue weighted by atomic mass is 79.9. The monoisotopic (exact) mass is 572 g/mol. The van der Waals surface area contributed by atoms with Gasteiger partial charge in [0.05, 0.1) is 15.2 Å². The van der Waals surface area contributed by atoms with Gasteiger partial charge in [0.2, 0.25) is 0 Å². The molecule has 1 aliphatic rings. The number of aryl methyl sites for hydroxylation is 2. The van der Waals surface area contributed by atoms with Crippen molar-refractivity contribution < 1.29 is 19.1 Å². The van der Waals surface area contributed by atoms with Crippen molar-refractivity contribution >= 4 is 68.7 Å². The van der Waals surface area contributed by atoms with Gasteiger partial charge in [-0.25, -0.2) is 9.69 Å². The van der Waals surface area contributed by atoms with Gasteiger partial charge in [-0.2, -0.15) is 0 Å². The predicted octanol–water partition coefficient (Wildman–Crippen LogP) is 6.62. The quantitative estimate of drug-likeness (QED) is 0.275. The molecule has 4 amide bonds. The molecule has 0 aliphatic carbocycles. The van der Waals surface area contributed by atoms with Crippen molar-refractivity contribution in [3.63, 3.8) is 0 Å². The van der Waals surface area contributed by atoms with Crippen molar-refractivity contribution in [2.24, 2.45) is 0 Å². The third kappa shape index (κ3) is 5.42. The summed E-state index contributed by atoms with van der Waals surface area (Å²) >= 11 is 15.8. The second-order valence-electron chi connectivity index (χ2n) is 7.96. The SMILES string of the molecule is Cc1ccc(N2C(=O)NC(=O)/C(=C\c3cc(Cl)c(OCc4ccc(Cl)cc4)c(Br)c3)C2=O)cc1C. The molecule has 6 nitrogen and oxygen atoms in total. The van der Waals surface area contributed by atoms with E-state index in [0.29, 0.717) is 26.5 Å². The number of imide groups is 2. The number of ether oxygens (including phenoxy) is 1. The first-order chi connectivity index (χ1) is 16.6. The number of benzene rings is 3. The molecule has 0 spiro atoms. The van der Waals surface area contributed by atoms with Gasteiger partial charge in [-0.15, -0.1) is 0 Å². The van der Waals surface area contributed by atoms with E-state index >= 15 is 0 Å². The van der Waals surface area contributed by atoms with Crippen LogP contribution < -0.4 is 15.0 Å². The standard InChI is InChI=1S/C26H19BrCl2N2O4/c1-14-3-8-19(9-15(14)2)31-25(33)20(24(32)30-26(31)34)10-17-11-21(27)23(22(29)12-17)35-13-16-4-6-18(28)7-5-16/h3-12H,13H2,1-2H3,(H,30,32,34)/b20-10+. The molecule has 1 heterocycles. The fraction of sp³-hybridized carbons (Fsp3) is 0.115. The second kappa shape index (κ2) is 10.2. The van der Waals surface area contributed by atoms with Crippen LogP contribution in [0, 0.1) is 13.8 Å². The van der Waals surface area contributed by atoms with Crippen molar-refractivity contribution in [3.8, 4) is 5.75 Å². The van der Waals surface area contributed by atoms with Crippen LogP contribution in [0.15, 0.2) is 64.6 Å². The molecule has 178 valence electrons. The topological polar surface area (TPSA) is 75.7 Å². The van der Waals surface area contributed by atoms with E-state index in [9.17, 15) is 14.4 Å². The highest BCUT2D eigenvalue weighted by Crippen LogP contribution is 2.36. The van der Waals surface area contributed by atoms with E-state index in [1.165, 1.54) is 6.08 Å². The fourth-order valence-electron chi connectivity index (χ4n) is 3.46. The van der Waals surface area contributed by atoms with E-state index < -0.39 is 17.8 Å². The van der Waals surface area contributed by atoms with E-state index in [1.54, 1.807) is 36.4 Å². The zero-order valence-corrected chi connectivity index (χ0v) is 21.8. The van der Waals surface area contributed by atoms with Crippen LogP contribution in [0.3, 0.4) is 0 Å². The van der Waals surface area contributed by atoms with Crippen molar-refractivity contribution in [3.05, 3.63) is 96.9 Å². The average molecular weight is 574 g/mol. The largest absolute Gasteiger partial charge is 0.486 e. The number of urea groups is 1. The van der Waals surface area contributed by atoms with E-state index in [4.69, 9.17) is 27.9 Å². The zero-order chi connectivity index (χ0) is 25.3. The normalized spacial score (nSPS) is 14.9. The van der Waals surface area contributed by atoms with E-state index in [1.807, 2.05) is 32.0 Å². The van der Waals surface area contributed by atoms with Crippen molar-refractivity contribution in [1.82, 2.24) is 5.32 Å². The van der Waals surface area contributed by atoms with E-state index in [-0.39, 0.29) is 17.2 Å². The molecular formula is C26H19BrCl2N2O4. The zero-order valence-electron chi connectivity index (χ0n) is 18.7. The van der Waals surface area contributed by atoms with Gasteiger partial charge in [0, 0.05) is 5.02 Å². The average Bonchev–Trinajstić information content (AvgIpc) is 2.79. The van der Waals surface area contributed by atoms with Crippen molar-refractivity contribution in [2.45, 2.75) is 20.5 Å². The summed E-state index contributed by atoms with van der Waals surface area (Å²) in [5, 5.41) is 3.14. The predicted molar refractivity (Wildman–Crippen MR) is 140 cm³/mol. The Morgan fingerprint density at radius 3 is 2.34 bits per heavy atom. The maximum absolute atomic E-state index is 13.2. The van der Waals surface area contributed by atoms with Crippen LogP contribution in [-0.2, 0) is 16.2 Å². The van der Waals surface area contributed by atoms with Crippen molar-refractivity contribution in [2.75, 3.05) is 4.90 Å². The van der Waals surface area contributed by atoms with Gasteiger partial charge >= 0.3 is 6.03 Å². The van der Waals surface area contributed by atoms with Gasteiger partial charge in [0.15, 0.2) is 5.75 Å². The Balaban J connectivity index is 1.61. The number of nitrogens with zero attached hydrogens (tertiary/aromatic N) is 1. The summed E-state index contributed by atoms with van der Waals surface area (Å²) in [6, 6.07) is 14.9. The molecule has 0 bridgehead atoms. The molecule has 3 aromatic rings. The lowest BCUT2D eigenvalue weighted by molar-refractivity contribution is -0.122. The van der Waals surface area contributed by atoms with Crippen LogP contribution >= 0.6 is 39.1 Å². The number of carbonyl (C=O) groups excluding carboxylic acids is 3. The van der Waals surface area contributed by atoms with Crippen LogP contribution in [0.25, 0.3) is 6.08 Å². The minimum Gasteiger partial charge on any atom is -0.486 e. The second-order valence-corrected chi connectivity index (χ2v) is 9.65. The molecule has 0 unspecified atom stereocenters. The van der Waals surface area contributed by atoms with Crippen LogP contribution in [0.4, 0.5) is 10.5 Å². The van der Waals surface area contributed by atoms with E-state index in [0.717, 1.165) is 21.6 Å². The number of rotatable bonds is 5. The number of halogens is 3. The molecular weight excluding hydrogens is 555 g/mol. The highest BCUT2D eigenvalue weighted by Gasteiger charge is 2.37. The molecule has 1 N–H and O–H groups in total. The Hall–Kier alpha value is -3.13. The molecule has 1 aliphatic heterocycles. The maximum atomic E-state index is 13.2. The summed E-state index contributed by atoms with van der Waals surface area (Å²) in [7, 11) is 0. The summed E-state index contributed by atoms with van der Waals surface area (Å²) in [5.74, 6) is -1.09. The lowest BCUT2D eigenvalue weighted by Gasteiger charge is -2.27. The third-order valence-corrected chi connectivity index (χ3v) is 6.60. The molecule has 0 radical (unpaired) electrons. The van der Waals surface area contributed by atoms with Crippen LogP contribution in [0.5, 0.6) is 5.75 Å². The van der Waals surface area contributed by atoms with Gasteiger partial charge in [-0.05, 0) is 94.5 Å². The lowest BCUT2D eigenvalue weighted by atomic mass is 10.0. The molecule has 9 heteroatoms. The molecule has 1 fully saturated rings. The summed E-state index contributed by atoms with van der Waals surface area (Å²) < 4.78 is 6.39. The first kappa shape index (κ1) is 25.0. The molecule has 4 rings (SSSR count). The van der Waals surface area contributed by atoms with Gasteiger partial charge in [-0.1, -0.05) is 41.4 Å². The molecule has 0 atom stereocenters. The number of hydrogen-bond donors (Lipinski definition) is 1. The summed E-state index contributed by atoms with van der Waals surface area (Å²) in [5.41, 5.74) is 3.50. The number of hydrogen-bond acceptors (Lipinski definition) is 4. The summed E-state index contributed by atoms with van der Waals surface area (Å²) in [6.07, 6.45) is 1.39. The minimum atomic E-state index is -0.800. The highest BCUT2D eigenvalue weighted by molar-refractivity contribution is 9.10. The van der Waals surface area contributed by atoms with Crippen LogP contribution in [-0.4, -0.2) is 17.8 Å². The Bertz CT molecular complexity index is 1360. The Morgan fingerprint density at radius 1 is 0.971 bits per heavy atom. The summed E-state index contributed by atoms with van der Waals surface area (Å²) in [6.45, 7) is 4.07. The van der Waals surface area contributed by atoms with Gasteiger partial charge in [0.25, 0.3) is 11.8 Å². The fourth-order valence-corrected chi connectivity index (χ4v) is 4.57. The number of nitrogens with one attached hydrogen (secondary N) is 1. The smallest absolute Gasteiger partial charge is 0.335 e. The van der Waals surface area contributed by atoms with Gasteiger partial charge in [-0.3, -0.25) is 14.9 Å². The third-order valence-electron chi connectivity index (χ3n) is 5.48. The van der Waals surface area contributed by atoms with Crippen LogP contribution in [0.1, 0.15) is 22.3 Å². The van der Waals surface area contributed by atoms with E-state index in [2.05, 4.69) is 21.2 Å². The summed E-state index contributed by atoms with van der Waals surface area (Å²) in [4.78, 5) is 39.1. The first-order valence-corrected chi connectivity index (χ1v) is 12.0. The first-order valence-electron chi connectivity index (χ1n) is 10.5. The number of anilines is 1. The number of amides is 4. The van der Waals surface area contributed by atoms with Crippen molar-refractivity contribution in [1.29, 1.82) is 0 Å². The molecule has 3 aromatic carbocycles. The van der Waals surface area contributed by atoms with Gasteiger partial charge in [0.1, 0.15) is 12.2 Å². The molecule has 35 heavy (non-hydrogen) atoms. The minimum absolute atomic E-state index is 0.194. The molecule has 0 aromatic heterocycles. The molecule has 1 saturated heterocycles. The van der Waals surface area contributed by atoms with Gasteiger partial charge < -0.3 is 4.74 Å². The number of carbonyl (C=O) groups is 3. The van der Waals surface area contributed by atoms with Crippen LogP contribution in [0.2, 0.25) is 10.0 Å².